The second-order valence-corrected chi connectivity index (χ2v) is 4.35. The van der Waals surface area contributed by atoms with Crippen LogP contribution < -0.4 is 0 Å². The molecular weight excluding hydrogens is 176 g/mol. The predicted octanol–water partition coefficient (Wildman–Crippen LogP) is 2.48. The van der Waals surface area contributed by atoms with E-state index < -0.39 is 0 Å². The number of carbonyl (C=O) groups is 1. The number of ketones is 1. The molecule has 2 heteroatoms. The maximum absolute atomic E-state index is 11.3. The van der Waals surface area contributed by atoms with Crippen molar-refractivity contribution in [3.63, 3.8) is 0 Å². The van der Waals surface area contributed by atoms with Crippen LogP contribution in [-0.4, -0.2) is 19.0 Å². The van der Waals surface area contributed by atoms with Crippen molar-refractivity contribution in [1.82, 2.24) is 0 Å². The third-order valence-corrected chi connectivity index (χ3v) is 3.47. The largest absolute Gasteiger partial charge is 0.381 e. The molecule has 1 fully saturated rings. The Kier molecular flexibility index (Phi) is 3.02. The van der Waals surface area contributed by atoms with Crippen molar-refractivity contribution < 1.29 is 9.53 Å². The predicted molar refractivity (Wildman–Crippen MR) is 55.1 cm³/mol. The van der Waals surface area contributed by atoms with Crippen molar-refractivity contribution in [1.29, 1.82) is 0 Å². The molecule has 0 bridgehead atoms. The third kappa shape index (κ3) is 1.90. The van der Waals surface area contributed by atoms with Gasteiger partial charge in [0.15, 0.2) is 5.78 Å². The van der Waals surface area contributed by atoms with Crippen molar-refractivity contribution in [2.45, 2.75) is 44.6 Å². The van der Waals surface area contributed by atoms with Gasteiger partial charge in [0.2, 0.25) is 0 Å². The van der Waals surface area contributed by atoms with Crippen molar-refractivity contribution >= 4 is 5.78 Å². The molecule has 1 saturated carbocycles. The molecular formula is C12H18O2. The minimum absolute atomic E-state index is 0.313. The molecule has 0 aromatic rings. The highest BCUT2D eigenvalue weighted by Crippen LogP contribution is 2.36. The lowest BCUT2D eigenvalue weighted by molar-refractivity contribution is -0.115. The molecule has 0 amide bonds. The number of rotatable bonds is 2. The normalized spacial score (nSPS) is 33.2. The van der Waals surface area contributed by atoms with Crippen LogP contribution in [0.4, 0.5) is 0 Å². The van der Waals surface area contributed by atoms with Gasteiger partial charge < -0.3 is 4.74 Å². The first kappa shape index (κ1) is 9.91. The van der Waals surface area contributed by atoms with Crippen LogP contribution in [0, 0.1) is 5.92 Å². The Morgan fingerprint density at radius 3 is 2.86 bits per heavy atom. The Hall–Kier alpha value is -0.630. The molecule has 0 aromatic carbocycles. The molecule has 0 heterocycles. The van der Waals surface area contributed by atoms with Gasteiger partial charge in [-0.25, -0.2) is 0 Å². The van der Waals surface area contributed by atoms with Gasteiger partial charge in [-0.2, -0.15) is 0 Å². The minimum Gasteiger partial charge on any atom is -0.381 e. The Morgan fingerprint density at radius 1 is 1.29 bits per heavy atom. The lowest BCUT2D eigenvalue weighted by Gasteiger charge is -2.23. The van der Waals surface area contributed by atoms with Crippen LogP contribution in [0.5, 0.6) is 0 Å². The number of methoxy groups -OCH3 is 1. The van der Waals surface area contributed by atoms with Crippen molar-refractivity contribution in [3.8, 4) is 0 Å². The Labute approximate surface area is 85.3 Å². The van der Waals surface area contributed by atoms with Crippen molar-refractivity contribution in [3.05, 3.63) is 11.6 Å². The standard InChI is InChI=1S/C12H18O2/c1-14-12-7-3-6-11(12)9-4-2-5-10(13)8-9/h8,11-12H,2-7H2,1H3. The quantitative estimate of drug-likeness (QED) is 0.675. The molecule has 2 nitrogen and oxygen atoms in total. The van der Waals surface area contributed by atoms with Crippen LogP contribution in [-0.2, 0) is 9.53 Å². The van der Waals surface area contributed by atoms with Crippen LogP contribution >= 0.6 is 0 Å². The summed E-state index contributed by atoms with van der Waals surface area (Å²) in [4.78, 5) is 11.3. The van der Waals surface area contributed by atoms with Crippen molar-refractivity contribution in [2.24, 2.45) is 5.92 Å². The van der Waals surface area contributed by atoms with E-state index in [-0.39, 0.29) is 0 Å². The molecule has 0 saturated heterocycles. The third-order valence-electron chi connectivity index (χ3n) is 3.47. The first-order chi connectivity index (χ1) is 6.81. The lowest BCUT2D eigenvalue weighted by Crippen LogP contribution is -2.20. The molecule has 0 radical (unpaired) electrons. The minimum atomic E-state index is 0.313. The second kappa shape index (κ2) is 4.26. The summed E-state index contributed by atoms with van der Waals surface area (Å²) in [6, 6.07) is 0. The molecule has 78 valence electrons. The average Bonchev–Trinajstić information content (AvgIpc) is 2.65. The van der Waals surface area contributed by atoms with E-state index in [1.807, 2.05) is 6.08 Å². The van der Waals surface area contributed by atoms with E-state index in [2.05, 4.69) is 0 Å². The number of hydrogen-bond donors (Lipinski definition) is 0. The molecule has 2 aliphatic rings. The molecule has 2 atom stereocenters. The zero-order valence-electron chi connectivity index (χ0n) is 8.79. The molecule has 14 heavy (non-hydrogen) atoms. The summed E-state index contributed by atoms with van der Waals surface area (Å²) in [5.74, 6) is 0.845. The van der Waals surface area contributed by atoms with Gasteiger partial charge in [-0.05, 0) is 31.8 Å². The van der Waals surface area contributed by atoms with E-state index >= 15 is 0 Å². The van der Waals surface area contributed by atoms with Gasteiger partial charge in [0.05, 0.1) is 6.10 Å². The fourth-order valence-electron chi connectivity index (χ4n) is 2.74. The highest BCUT2D eigenvalue weighted by Gasteiger charge is 2.31. The average molecular weight is 194 g/mol. The Morgan fingerprint density at radius 2 is 2.14 bits per heavy atom. The number of allylic oxidation sites excluding steroid dienone is 1. The van der Waals surface area contributed by atoms with Gasteiger partial charge in [0.25, 0.3) is 0 Å². The van der Waals surface area contributed by atoms with E-state index in [4.69, 9.17) is 4.74 Å². The van der Waals surface area contributed by atoms with Crippen LogP contribution in [0.15, 0.2) is 11.6 Å². The van der Waals surface area contributed by atoms with E-state index in [1.54, 1.807) is 7.11 Å². The fourth-order valence-corrected chi connectivity index (χ4v) is 2.74. The van der Waals surface area contributed by atoms with Crippen molar-refractivity contribution in [2.75, 3.05) is 7.11 Å². The van der Waals surface area contributed by atoms with Gasteiger partial charge in [0.1, 0.15) is 0 Å². The summed E-state index contributed by atoms with van der Waals surface area (Å²) >= 11 is 0. The number of ether oxygens (including phenoxy) is 1. The maximum atomic E-state index is 11.3. The first-order valence-corrected chi connectivity index (χ1v) is 5.57. The van der Waals surface area contributed by atoms with E-state index in [9.17, 15) is 4.79 Å². The zero-order chi connectivity index (χ0) is 9.97. The van der Waals surface area contributed by atoms with Gasteiger partial charge >= 0.3 is 0 Å². The maximum Gasteiger partial charge on any atom is 0.155 e. The second-order valence-electron chi connectivity index (χ2n) is 4.35. The number of hydrogen-bond acceptors (Lipinski definition) is 2. The van der Waals surface area contributed by atoms with E-state index in [0.29, 0.717) is 17.8 Å². The molecule has 0 aromatic heterocycles. The summed E-state index contributed by atoms with van der Waals surface area (Å²) in [7, 11) is 1.79. The first-order valence-electron chi connectivity index (χ1n) is 5.57. The van der Waals surface area contributed by atoms with Crippen LogP contribution in [0.3, 0.4) is 0 Å². The summed E-state index contributed by atoms with van der Waals surface area (Å²) in [5, 5.41) is 0. The molecule has 0 aliphatic heterocycles. The Balaban J connectivity index is 2.09. The van der Waals surface area contributed by atoms with Gasteiger partial charge in [-0.1, -0.05) is 12.0 Å². The highest BCUT2D eigenvalue weighted by atomic mass is 16.5. The molecule has 0 spiro atoms. The SMILES string of the molecule is COC1CCCC1C1=CC(=O)CCC1. The number of carbonyl (C=O) groups excluding carboxylic acids is 1. The van der Waals surface area contributed by atoms with Gasteiger partial charge in [-0.3, -0.25) is 4.79 Å². The summed E-state index contributed by atoms with van der Waals surface area (Å²) in [5.41, 5.74) is 1.35. The molecule has 0 N–H and O–H groups in total. The van der Waals surface area contributed by atoms with Gasteiger partial charge in [-0.15, -0.1) is 0 Å². The van der Waals surface area contributed by atoms with Crippen LogP contribution in [0.1, 0.15) is 38.5 Å². The molecule has 2 rings (SSSR count). The van der Waals surface area contributed by atoms with Crippen LogP contribution in [0.2, 0.25) is 0 Å². The monoisotopic (exact) mass is 194 g/mol. The zero-order valence-corrected chi connectivity index (χ0v) is 8.79. The summed E-state index contributed by atoms with van der Waals surface area (Å²) in [6.07, 6.45) is 8.75. The van der Waals surface area contributed by atoms with Crippen LogP contribution in [0.25, 0.3) is 0 Å². The lowest BCUT2D eigenvalue weighted by atomic mass is 9.86. The smallest absolute Gasteiger partial charge is 0.155 e. The summed E-state index contributed by atoms with van der Waals surface area (Å²) in [6.45, 7) is 0. The molecule has 2 aliphatic carbocycles. The Bertz CT molecular complexity index is 255. The molecule has 2 unspecified atom stereocenters. The summed E-state index contributed by atoms with van der Waals surface area (Å²) < 4.78 is 5.46. The van der Waals surface area contributed by atoms with E-state index in [0.717, 1.165) is 25.7 Å². The fraction of sp³-hybridized carbons (Fsp3) is 0.750. The van der Waals surface area contributed by atoms with E-state index in [1.165, 1.54) is 18.4 Å². The van der Waals surface area contributed by atoms with Gasteiger partial charge in [0, 0.05) is 19.4 Å². The topological polar surface area (TPSA) is 26.3 Å². The highest BCUT2D eigenvalue weighted by molar-refractivity contribution is 5.91.